The first-order valence-corrected chi connectivity index (χ1v) is 7.59. The van der Waals surface area contributed by atoms with Crippen LogP contribution in [-0.4, -0.2) is 53.5 Å². The molecule has 2 heterocycles. The van der Waals surface area contributed by atoms with Crippen LogP contribution in [0.4, 0.5) is 0 Å². The number of rotatable bonds is 1. The van der Waals surface area contributed by atoms with E-state index in [4.69, 9.17) is 11.6 Å². The van der Waals surface area contributed by atoms with Crippen molar-refractivity contribution in [2.45, 2.75) is 13.0 Å². The van der Waals surface area contributed by atoms with E-state index in [1.54, 1.807) is 6.92 Å². The molecule has 2 rings (SSSR count). The van der Waals surface area contributed by atoms with Gasteiger partial charge in [0.15, 0.2) is 20.7 Å². The third-order valence-electron chi connectivity index (χ3n) is 2.78. The molecule has 0 aromatic carbocycles. The fourth-order valence-electron chi connectivity index (χ4n) is 1.88. The largest absolute Gasteiger partial charge is 0.333 e. The zero-order valence-corrected chi connectivity index (χ0v) is 11.3. The van der Waals surface area contributed by atoms with Crippen molar-refractivity contribution in [3.8, 4) is 0 Å². The molecular formula is C10H12ClN3O3S. The van der Waals surface area contributed by atoms with E-state index in [-0.39, 0.29) is 40.8 Å². The Bertz CT molecular complexity index is 558. The Morgan fingerprint density at radius 3 is 2.72 bits per heavy atom. The molecule has 1 aliphatic rings. The average Bonchev–Trinajstić information content (AvgIpc) is 2.28. The number of hydrogen-bond donors (Lipinski definition) is 0. The quantitative estimate of drug-likeness (QED) is 0.747. The number of sulfone groups is 1. The van der Waals surface area contributed by atoms with Crippen LogP contribution in [0.1, 0.15) is 17.4 Å². The Labute approximate surface area is 110 Å². The second-order valence-corrected chi connectivity index (χ2v) is 6.82. The Hall–Kier alpha value is -1.21. The molecule has 0 spiro atoms. The van der Waals surface area contributed by atoms with Gasteiger partial charge in [-0.25, -0.2) is 8.42 Å². The van der Waals surface area contributed by atoms with Gasteiger partial charge in [-0.05, 0) is 19.1 Å². The van der Waals surface area contributed by atoms with Gasteiger partial charge in [0, 0.05) is 12.6 Å². The molecule has 1 amide bonds. The summed E-state index contributed by atoms with van der Waals surface area (Å²) in [5.74, 6) is -0.342. The number of carbonyl (C=O) groups excluding carboxylic acids is 1. The molecule has 0 bridgehead atoms. The van der Waals surface area contributed by atoms with Crippen molar-refractivity contribution in [2.24, 2.45) is 0 Å². The van der Waals surface area contributed by atoms with E-state index in [0.717, 1.165) is 0 Å². The van der Waals surface area contributed by atoms with Crippen molar-refractivity contribution in [1.82, 2.24) is 15.1 Å². The summed E-state index contributed by atoms with van der Waals surface area (Å²) in [6.45, 7) is 1.89. The monoisotopic (exact) mass is 289 g/mol. The summed E-state index contributed by atoms with van der Waals surface area (Å²) in [7, 11) is -3.04. The SMILES string of the molecule is CC1CS(=O)(=O)CCN1C(=O)c1ccc(Cl)nn1. The van der Waals surface area contributed by atoms with Crippen molar-refractivity contribution in [3.63, 3.8) is 0 Å². The number of nitrogens with zero attached hydrogens (tertiary/aromatic N) is 3. The fraction of sp³-hybridized carbons (Fsp3) is 0.500. The number of amides is 1. The summed E-state index contributed by atoms with van der Waals surface area (Å²) in [5, 5.41) is 7.51. The standard InChI is InChI=1S/C10H12ClN3O3S/c1-7-6-18(16,17)5-4-14(7)10(15)8-2-3-9(11)13-12-8/h2-3,7H,4-6H2,1H3. The lowest BCUT2D eigenvalue weighted by molar-refractivity contribution is 0.0705. The van der Waals surface area contributed by atoms with Gasteiger partial charge in [-0.3, -0.25) is 4.79 Å². The van der Waals surface area contributed by atoms with Crippen molar-refractivity contribution in [2.75, 3.05) is 18.1 Å². The van der Waals surface area contributed by atoms with Crippen LogP contribution >= 0.6 is 11.6 Å². The summed E-state index contributed by atoms with van der Waals surface area (Å²) in [4.78, 5) is 13.6. The maximum Gasteiger partial charge on any atom is 0.274 e. The van der Waals surface area contributed by atoms with Crippen LogP contribution in [0.5, 0.6) is 0 Å². The topological polar surface area (TPSA) is 80.2 Å². The fourth-order valence-corrected chi connectivity index (χ4v) is 3.53. The van der Waals surface area contributed by atoms with Gasteiger partial charge in [0.1, 0.15) is 0 Å². The summed E-state index contributed by atoms with van der Waals surface area (Å²) >= 11 is 5.59. The van der Waals surface area contributed by atoms with Crippen molar-refractivity contribution in [1.29, 1.82) is 0 Å². The first-order valence-electron chi connectivity index (χ1n) is 5.40. The van der Waals surface area contributed by atoms with Gasteiger partial charge >= 0.3 is 0 Å². The number of aromatic nitrogens is 2. The minimum atomic E-state index is -3.04. The molecule has 0 saturated carbocycles. The van der Waals surface area contributed by atoms with Crippen molar-refractivity contribution in [3.05, 3.63) is 23.0 Å². The van der Waals surface area contributed by atoms with Crippen LogP contribution < -0.4 is 0 Å². The third-order valence-corrected chi connectivity index (χ3v) is 4.78. The minimum absolute atomic E-state index is 0.00982. The van der Waals surface area contributed by atoms with Gasteiger partial charge in [0.25, 0.3) is 5.91 Å². The van der Waals surface area contributed by atoms with Crippen LogP contribution in [0.2, 0.25) is 5.15 Å². The second kappa shape index (κ2) is 4.81. The molecule has 1 aromatic heterocycles. The highest BCUT2D eigenvalue weighted by Crippen LogP contribution is 2.14. The van der Waals surface area contributed by atoms with E-state index in [9.17, 15) is 13.2 Å². The summed E-state index contributed by atoms with van der Waals surface area (Å²) in [6.07, 6.45) is 0. The van der Waals surface area contributed by atoms with Crippen molar-refractivity contribution < 1.29 is 13.2 Å². The van der Waals surface area contributed by atoms with Gasteiger partial charge in [-0.2, -0.15) is 0 Å². The highest BCUT2D eigenvalue weighted by molar-refractivity contribution is 7.91. The van der Waals surface area contributed by atoms with Gasteiger partial charge < -0.3 is 4.90 Å². The van der Waals surface area contributed by atoms with Crippen molar-refractivity contribution >= 4 is 27.3 Å². The summed E-state index contributed by atoms with van der Waals surface area (Å²) < 4.78 is 22.9. The molecular weight excluding hydrogens is 278 g/mol. The molecule has 1 aromatic rings. The highest BCUT2D eigenvalue weighted by atomic mass is 35.5. The lowest BCUT2D eigenvalue weighted by Gasteiger charge is -2.32. The first kappa shape index (κ1) is 13.2. The van der Waals surface area contributed by atoms with E-state index in [2.05, 4.69) is 10.2 Å². The van der Waals surface area contributed by atoms with Gasteiger partial charge in [-0.1, -0.05) is 11.6 Å². The third kappa shape index (κ3) is 2.78. The smallest absolute Gasteiger partial charge is 0.274 e. The Morgan fingerprint density at radius 1 is 1.44 bits per heavy atom. The second-order valence-electron chi connectivity index (χ2n) is 4.20. The molecule has 1 unspecified atom stereocenters. The molecule has 0 N–H and O–H groups in total. The maximum atomic E-state index is 12.1. The van der Waals surface area contributed by atoms with E-state index in [1.807, 2.05) is 0 Å². The van der Waals surface area contributed by atoms with Gasteiger partial charge in [0.05, 0.1) is 11.5 Å². The van der Waals surface area contributed by atoms with E-state index in [1.165, 1.54) is 17.0 Å². The molecule has 8 heteroatoms. The molecule has 0 aliphatic carbocycles. The predicted octanol–water partition coefficient (Wildman–Crippen LogP) is 0.389. The predicted molar refractivity (Wildman–Crippen MR) is 66.2 cm³/mol. The van der Waals surface area contributed by atoms with E-state index < -0.39 is 9.84 Å². The van der Waals surface area contributed by atoms with Crippen LogP contribution in [0.15, 0.2) is 12.1 Å². The zero-order valence-electron chi connectivity index (χ0n) is 9.71. The van der Waals surface area contributed by atoms with Crippen LogP contribution in [0, 0.1) is 0 Å². The first-order chi connectivity index (χ1) is 8.39. The maximum absolute atomic E-state index is 12.1. The number of carbonyl (C=O) groups is 1. The number of halogens is 1. The van der Waals surface area contributed by atoms with E-state index in [0.29, 0.717) is 0 Å². The Kier molecular flexibility index (Phi) is 3.54. The molecule has 1 aliphatic heterocycles. The highest BCUT2D eigenvalue weighted by Gasteiger charge is 2.32. The van der Waals surface area contributed by atoms with Crippen LogP contribution in [-0.2, 0) is 9.84 Å². The molecule has 98 valence electrons. The molecule has 1 atom stereocenters. The Morgan fingerprint density at radius 2 is 2.17 bits per heavy atom. The minimum Gasteiger partial charge on any atom is -0.333 e. The van der Waals surface area contributed by atoms with Gasteiger partial charge in [-0.15, -0.1) is 10.2 Å². The summed E-state index contributed by atoms with van der Waals surface area (Å²) in [5.41, 5.74) is 0.172. The molecule has 1 saturated heterocycles. The van der Waals surface area contributed by atoms with Crippen LogP contribution in [0.25, 0.3) is 0 Å². The molecule has 18 heavy (non-hydrogen) atoms. The number of hydrogen-bond acceptors (Lipinski definition) is 5. The Balaban J connectivity index is 2.17. The molecule has 6 nitrogen and oxygen atoms in total. The van der Waals surface area contributed by atoms with Crippen LogP contribution in [0.3, 0.4) is 0 Å². The van der Waals surface area contributed by atoms with E-state index >= 15 is 0 Å². The average molecular weight is 290 g/mol. The normalized spacial score (nSPS) is 22.8. The molecule has 1 fully saturated rings. The summed E-state index contributed by atoms with van der Waals surface area (Å²) in [6, 6.07) is 2.61. The molecule has 0 radical (unpaired) electrons. The lowest BCUT2D eigenvalue weighted by atomic mass is 10.2. The van der Waals surface area contributed by atoms with Gasteiger partial charge in [0.2, 0.25) is 0 Å². The zero-order chi connectivity index (χ0) is 13.3. The lowest BCUT2D eigenvalue weighted by Crippen LogP contribution is -2.49.